The zero-order chi connectivity index (χ0) is 11.4. The third-order valence-corrected chi connectivity index (χ3v) is 3.85. The third kappa shape index (κ3) is 2.84. The lowest BCUT2D eigenvalue weighted by Crippen LogP contribution is -2.32. The lowest BCUT2D eigenvalue weighted by Gasteiger charge is -2.24. The van der Waals surface area contributed by atoms with Crippen LogP contribution in [0.1, 0.15) is 44.7 Å². The van der Waals surface area contributed by atoms with Crippen molar-refractivity contribution in [1.82, 2.24) is 5.32 Å². The molecule has 0 aliphatic carbocycles. The van der Waals surface area contributed by atoms with Crippen molar-refractivity contribution < 1.29 is 4.74 Å². The average molecular weight is 239 g/mol. The summed E-state index contributed by atoms with van der Waals surface area (Å²) in [5.74, 6) is 0. The van der Waals surface area contributed by atoms with E-state index < -0.39 is 0 Å². The predicted octanol–water partition coefficient (Wildman–Crippen LogP) is 3.36. The fourth-order valence-corrected chi connectivity index (χ4v) is 2.99. The van der Waals surface area contributed by atoms with Crippen molar-refractivity contribution in [3.05, 3.63) is 22.4 Å². The smallest absolute Gasteiger partial charge is 0.0774 e. The second-order valence-corrected chi connectivity index (χ2v) is 5.33. The van der Waals surface area contributed by atoms with Gasteiger partial charge in [0.2, 0.25) is 0 Å². The Labute approximate surface area is 102 Å². The second kappa shape index (κ2) is 5.80. The minimum Gasteiger partial charge on any atom is -0.373 e. The lowest BCUT2D eigenvalue weighted by atomic mass is 10.0. The van der Waals surface area contributed by atoms with E-state index in [9.17, 15) is 0 Å². The molecule has 2 nitrogen and oxygen atoms in total. The largest absolute Gasteiger partial charge is 0.373 e. The van der Waals surface area contributed by atoms with Gasteiger partial charge in [0, 0.05) is 0 Å². The summed E-state index contributed by atoms with van der Waals surface area (Å²) in [6.45, 7) is 5.44. The first-order chi connectivity index (χ1) is 7.81. The molecular weight excluding hydrogens is 218 g/mol. The summed E-state index contributed by atoms with van der Waals surface area (Å²) in [6, 6.07) is 2.60. The van der Waals surface area contributed by atoms with E-state index in [0.717, 1.165) is 6.54 Å². The Morgan fingerprint density at radius 1 is 1.56 bits per heavy atom. The minimum atomic E-state index is 0.358. The van der Waals surface area contributed by atoms with Crippen LogP contribution in [0.15, 0.2) is 16.8 Å². The number of thiophene rings is 1. The Bertz CT molecular complexity index is 299. The van der Waals surface area contributed by atoms with Crippen LogP contribution in [0.2, 0.25) is 0 Å². The van der Waals surface area contributed by atoms with Crippen LogP contribution in [0.4, 0.5) is 0 Å². The van der Waals surface area contributed by atoms with Gasteiger partial charge in [-0.15, -0.1) is 0 Å². The molecule has 0 spiro atoms. The van der Waals surface area contributed by atoms with E-state index >= 15 is 0 Å². The topological polar surface area (TPSA) is 21.3 Å². The van der Waals surface area contributed by atoms with Gasteiger partial charge in [-0.1, -0.05) is 6.92 Å². The first kappa shape index (κ1) is 12.1. The molecule has 1 N–H and O–H groups in total. The van der Waals surface area contributed by atoms with Gasteiger partial charge in [-0.3, -0.25) is 0 Å². The highest BCUT2D eigenvalue weighted by Crippen LogP contribution is 2.31. The summed E-state index contributed by atoms with van der Waals surface area (Å²) >= 11 is 1.77. The lowest BCUT2D eigenvalue weighted by molar-refractivity contribution is 0.0317. The van der Waals surface area contributed by atoms with Crippen LogP contribution < -0.4 is 5.32 Å². The Balaban J connectivity index is 2.02. The van der Waals surface area contributed by atoms with Crippen molar-refractivity contribution in [2.24, 2.45) is 0 Å². The minimum absolute atomic E-state index is 0.358. The standard InChI is InChI=1S/C13H21NOS/c1-3-7-14-13(11-6-8-16-9-11)12-5-4-10(2)15-12/h6,8-10,12-14H,3-5,7H2,1-2H3. The summed E-state index contributed by atoms with van der Waals surface area (Å²) in [7, 11) is 0. The van der Waals surface area contributed by atoms with Crippen molar-refractivity contribution >= 4 is 11.3 Å². The van der Waals surface area contributed by atoms with E-state index in [1.165, 1.54) is 24.8 Å². The highest BCUT2D eigenvalue weighted by Gasteiger charge is 2.30. The van der Waals surface area contributed by atoms with Gasteiger partial charge < -0.3 is 10.1 Å². The van der Waals surface area contributed by atoms with Crippen LogP contribution in [0.5, 0.6) is 0 Å². The Morgan fingerprint density at radius 3 is 3.00 bits per heavy atom. The van der Waals surface area contributed by atoms with E-state index in [1.807, 2.05) is 0 Å². The Kier molecular flexibility index (Phi) is 4.38. The van der Waals surface area contributed by atoms with Gasteiger partial charge in [0.25, 0.3) is 0 Å². The fourth-order valence-electron chi connectivity index (χ4n) is 2.29. The number of hydrogen-bond donors (Lipinski definition) is 1. The highest BCUT2D eigenvalue weighted by atomic mass is 32.1. The molecule has 1 aromatic heterocycles. The first-order valence-corrected chi connectivity index (χ1v) is 7.16. The van der Waals surface area contributed by atoms with Gasteiger partial charge in [0.1, 0.15) is 0 Å². The second-order valence-electron chi connectivity index (χ2n) is 4.55. The number of ether oxygens (including phenoxy) is 1. The number of rotatable bonds is 5. The van der Waals surface area contributed by atoms with E-state index in [-0.39, 0.29) is 0 Å². The zero-order valence-electron chi connectivity index (χ0n) is 10.1. The van der Waals surface area contributed by atoms with Gasteiger partial charge in [-0.2, -0.15) is 11.3 Å². The molecule has 2 rings (SSSR count). The number of nitrogens with one attached hydrogen (secondary N) is 1. The van der Waals surface area contributed by atoms with Gasteiger partial charge in [0.15, 0.2) is 0 Å². The summed E-state index contributed by atoms with van der Waals surface area (Å²) in [6.07, 6.45) is 4.33. The van der Waals surface area contributed by atoms with Crippen molar-refractivity contribution in [1.29, 1.82) is 0 Å². The Hall–Kier alpha value is -0.380. The molecule has 0 radical (unpaired) electrons. The van der Waals surface area contributed by atoms with Crippen molar-refractivity contribution in [3.8, 4) is 0 Å². The average Bonchev–Trinajstić information content (AvgIpc) is 2.91. The van der Waals surface area contributed by atoms with Crippen LogP contribution in [-0.2, 0) is 4.74 Å². The molecule has 3 unspecified atom stereocenters. The summed E-state index contributed by atoms with van der Waals surface area (Å²) < 4.78 is 5.99. The van der Waals surface area contributed by atoms with Crippen molar-refractivity contribution in [3.63, 3.8) is 0 Å². The molecule has 0 saturated carbocycles. The van der Waals surface area contributed by atoms with Crippen LogP contribution in [0.3, 0.4) is 0 Å². The SMILES string of the molecule is CCCNC(c1ccsc1)C1CCC(C)O1. The highest BCUT2D eigenvalue weighted by molar-refractivity contribution is 7.07. The van der Waals surface area contributed by atoms with Gasteiger partial charge >= 0.3 is 0 Å². The molecule has 2 heterocycles. The van der Waals surface area contributed by atoms with Crippen LogP contribution in [0.25, 0.3) is 0 Å². The molecule has 0 aromatic carbocycles. The number of hydrogen-bond acceptors (Lipinski definition) is 3. The Morgan fingerprint density at radius 2 is 2.44 bits per heavy atom. The van der Waals surface area contributed by atoms with Gasteiger partial charge in [0.05, 0.1) is 18.2 Å². The monoisotopic (exact) mass is 239 g/mol. The van der Waals surface area contributed by atoms with Gasteiger partial charge in [-0.25, -0.2) is 0 Å². The van der Waals surface area contributed by atoms with E-state index in [0.29, 0.717) is 18.2 Å². The van der Waals surface area contributed by atoms with Crippen LogP contribution in [0, 0.1) is 0 Å². The van der Waals surface area contributed by atoms with Crippen LogP contribution >= 0.6 is 11.3 Å². The zero-order valence-corrected chi connectivity index (χ0v) is 10.9. The maximum atomic E-state index is 5.99. The molecule has 1 aliphatic heterocycles. The molecule has 0 bridgehead atoms. The van der Waals surface area contributed by atoms with E-state index in [4.69, 9.17) is 4.74 Å². The predicted molar refractivity (Wildman–Crippen MR) is 68.9 cm³/mol. The summed E-state index contributed by atoms with van der Waals surface area (Å²) in [4.78, 5) is 0. The molecule has 16 heavy (non-hydrogen) atoms. The summed E-state index contributed by atoms with van der Waals surface area (Å²) in [5, 5.41) is 8.00. The molecule has 1 fully saturated rings. The molecule has 3 atom stereocenters. The van der Waals surface area contributed by atoms with Crippen molar-refractivity contribution in [2.75, 3.05) is 6.54 Å². The van der Waals surface area contributed by atoms with Gasteiger partial charge in [-0.05, 0) is 55.1 Å². The molecular formula is C13H21NOS. The maximum absolute atomic E-state index is 5.99. The molecule has 1 aromatic rings. The van der Waals surface area contributed by atoms with Crippen molar-refractivity contribution in [2.45, 2.75) is 51.4 Å². The van der Waals surface area contributed by atoms with E-state index in [2.05, 4.69) is 36.0 Å². The first-order valence-electron chi connectivity index (χ1n) is 6.22. The fraction of sp³-hybridized carbons (Fsp3) is 0.692. The normalized spacial score (nSPS) is 27.1. The van der Waals surface area contributed by atoms with Crippen LogP contribution in [-0.4, -0.2) is 18.8 Å². The quantitative estimate of drug-likeness (QED) is 0.850. The molecule has 3 heteroatoms. The summed E-state index contributed by atoms with van der Waals surface area (Å²) in [5.41, 5.74) is 1.39. The maximum Gasteiger partial charge on any atom is 0.0774 e. The third-order valence-electron chi connectivity index (χ3n) is 3.15. The molecule has 1 aliphatic rings. The molecule has 1 saturated heterocycles. The molecule has 0 amide bonds. The van der Waals surface area contributed by atoms with E-state index in [1.54, 1.807) is 11.3 Å². The molecule has 90 valence electrons.